The summed E-state index contributed by atoms with van der Waals surface area (Å²) in [4.78, 5) is 11.8. The minimum Gasteiger partial charge on any atom is -0.496 e. The predicted octanol–water partition coefficient (Wildman–Crippen LogP) is 2.54. The van der Waals surface area contributed by atoms with Gasteiger partial charge in [0.15, 0.2) is 0 Å². The highest BCUT2D eigenvalue weighted by atomic mass is 19.1. The number of nitrogens with one attached hydrogen (secondary N) is 1. The van der Waals surface area contributed by atoms with Crippen LogP contribution in [-0.4, -0.2) is 31.4 Å². The van der Waals surface area contributed by atoms with Gasteiger partial charge in [0.05, 0.1) is 7.11 Å². The molecule has 1 unspecified atom stereocenters. The average molecular weight is 312 g/mol. The summed E-state index contributed by atoms with van der Waals surface area (Å²) in [5, 5.41) is 2.69. The summed E-state index contributed by atoms with van der Waals surface area (Å²) >= 11 is 0. The van der Waals surface area contributed by atoms with Crippen molar-refractivity contribution >= 4 is 6.09 Å². The normalized spacial score (nSPS) is 12.7. The van der Waals surface area contributed by atoms with Crippen molar-refractivity contribution in [3.8, 4) is 5.75 Å². The first-order valence-electron chi connectivity index (χ1n) is 7.19. The van der Waals surface area contributed by atoms with Crippen molar-refractivity contribution in [2.45, 2.75) is 45.8 Å². The van der Waals surface area contributed by atoms with Crippen LogP contribution in [0.3, 0.4) is 0 Å². The lowest BCUT2D eigenvalue weighted by Crippen LogP contribution is -2.44. The highest BCUT2D eigenvalue weighted by Gasteiger charge is 2.20. The maximum absolute atomic E-state index is 13.7. The van der Waals surface area contributed by atoms with Crippen LogP contribution in [0.5, 0.6) is 5.75 Å². The van der Waals surface area contributed by atoms with Crippen LogP contribution in [0.2, 0.25) is 0 Å². The molecule has 1 rings (SSSR count). The van der Waals surface area contributed by atoms with Gasteiger partial charge in [0, 0.05) is 12.6 Å². The smallest absolute Gasteiger partial charge is 0.407 e. The fourth-order valence-electron chi connectivity index (χ4n) is 1.98. The number of aryl methyl sites for hydroxylation is 1. The average Bonchev–Trinajstić information content (AvgIpc) is 2.39. The molecule has 1 atom stereocenters. The second kappa shape index (κ2) is 7.45. The van der Waals surface area contributed by atoms with Gasteiger partial charge in [-0.25, -0.2) is 9.18 Å². The molecule has 1 aromatic carbocycles. The number of ether oxygens (including phenoxy) is 2. The fraction of sp³-hybridized carbons (Fsp3) is 0.562. The first kappa shape index (κ1) is 18.2. The molecular formula is C16H25FN2O3. The Labute approximate surface area is 131 Å². The number of nitrogens with two attached hydrogens (primary N) is 1. The van der Waals surface area contributed by atoms with Crippen LogP contribution in [0.4, 0.5) is 9.18 Å². The van der Waals surface area contributed by atoms with E-state index in [2.05, 4.69) is 5.32 Å². The van der Waals surface area contributed by atoms with Crippen molar-refractivity contribution in [3.63, 3.8) is 0 Å². The Hall–Kier alpha value is -1.82. The van der Waals surface area contributed by atoms with E-state index in [1.165, 1.54) is 13.2 Å². The third kappa shape index (κ3) is 5.52. The Balaban J connectivity index is 2.82. The van der Waals surface area contributed by atoms with Gasteiger partial charge in [-0.1, -0.05) is 0 Å². The van der Waals surface area contributed by atoms with Gasteiger partial charge in [-0.05, 0) is 57.4 Å². The third-order valence-electron chi connectivity index (χ3n) is 3.03. The second-order valence-electron chi connectivity index (χ2n) is 6.20. The Morgan fingerprint density at radius 1 is 1.41 bits per heavy atom. The van der Waals surface area contributed by atoms with Gasteiger partial charge in [0.1, 0.15) is 17.2 Å². The van der Waals surface area contributed by atoms with Crippen molar-refractivity contribution in [2.75, 3.05) is 13.7 Å². The van der Waals surface area contributed by atoms with Crippen LogP contribution in [-0.2, 0) is 11.2 Å². The number of rotatable bonds is 5. The minimum absolute atomic E-state index is 0.206. The second-order valence-corrected chi connectivity index (χ2v) is 6.20. The van der Waals surface area contributed by atoms with Crippen LogP contribution in [0.1, 0.15) is 31.9 Å². The van der Waals surface area contributed by atoms with Crippen molar-refractivity contribution in [1.29, 1.82) is 0 Å². The largest absolute Gasteiger partial charge is 0.496 e. The molecule has 124 valence electrons. The van der Waals surface area contributed by atoms with Crippen molar-refractivity contribution < 1.29 is 18.7 Å². The Morgan fingerprint density at radius 3 is 2.55 bits per heavy atom. The van der Waals surface area contributed by atoms with E-state index >= 15 is 0 Å². The van der Waals surface area contributed by atoms with E-state index in [0.717, 1.165) is 0 Å². The lowest BCUT2D eigenvalue weighted by molar-refractivity contribution is 0.0505. The maximum Gasteiger partial charge on any atom is 0.407 e. The van der Waals surface area contributed by atoms with E-state index < -0.39 is 11.7 Å². The van der Waals surface area contributed by atoms with Crippen LogP contribution < -0.4 is 15.8 Å². The van der Waals surface area contributed by atoms with Gasteiger partial charge in [-0.2, -0.15) is 0 Å². The van der Waals surface area contributed by atoms with Gasteiger partial charge >= 0.3 is 6.09 Å². The molecule has 1 aromatic rings. The van der Waals surface area contributed by atoms with Gasteiger partial charge in [-0.15, -0.1) is 0 Å². The molecule has 22 heavy (non-hydrogen) atoms. The van der Waals surface area contributed by atoms with Crippen LogP contribution >= 0.6 is 0 Å². The van der Waals surface area contributed by atoms with E-state index in [4.69, 9.17) is 15.2 Å². The van der Waals surface area contributed by atoms with Crippen LogP contribution in [0.25, 0.3) is 0 Å². The summed E-state index contributed by atoms with van der Waals surface area (Å²) < 4.78 is 24.2. The van der Waals surface area contributed by atoms with E-state index in [1.807, 2.05) is 0 Å². The molecule has 0 bridgehead atoms. The molecule has 0 saturated heterocycles. The fourth-order valence-corrected chi connectivity index (χ4v) is 1.98. The van der Waals surface area contributed by atoms with Gasteiger partial charge in [0.25, 0.3) is 0 Å². The van der Waals surface area contributed by atoms with Gasteiger partial charge < -0.3 is 20.5 Å². The number of benzene rings is 1. The third-order valence-corrected chi connectivity index (χ3v) is 3.03. The first-order valence-corrected chi connectivity index (χ1v) is 7.19. The number of amides is 1. The number of alkyl carbamates (subject to hydrolysis) is 1. The number of carbonyl (C=O) groups is 1. The zero-order valence-corrected chi connectivity index (χ0v) is 13.8. The first-order chi connectivity index (χ1) is 10.2. The van der Waals surface area contributed by atoms with E-state index in [9.17, 15) is 9.18 Å². The lowest BCUT2D eigenvalue weighted by atomic mass is 10.0. The molecule has 0 spiro atoms. The molecule has 5 nitrogen and oxygen atoms in total. The molecule has 0 aliphatic carbocycles. The number of methoxy groups -OCH3 is 1. The number of hydrogen-bond donors (Lipinski definition) is 2. The molecule has 0 aliphatic rings. The van der Waals surface area contributed by atoms with Crippen molar-refractivity contribution in [3.05, 3.63) is 29.1 Å². The topological polar surface area (TPSA) is 73.6 Å². The van der Waals surface area contributed by atoms with Crippen LogP contribution in [0.15, 0.2) is 12.1 Å². The van der Waals surface area contributed by atoms with Gasteiger partial charge in [-0.3, -0.25) is 0 Å². The van der Waals surface area contributed by atoms with Crippen molar-refractivity contribution in [1.82, 2.24) is 5.32 Å². The van der Waals surface area contributed by atoms with Crippen LogP contribution in [0, 0.1) is 12.7 Å². The molecular weight excluding hydrogens is 287 g/mol. The summed E-state index contributed by atoms with van der Waals surface area (Å²) in [6, 6.07) is 2.67. The Morgan fingerprint density at radius 2 is 2.05 bits per heavy atom. The maximum atomic E-state index is 13.7. The molecule has 0 saturated carbocycles. The molecule has 0 radical (unpaired) electrons. The summed E-state index contributed by atoms with van der Waals surface area (Å²) in [6.45, 7) is 7.21. The van der Waals surface area contributed by atoms with E-state index in [-0.39, 0.29) is 18.4 Å². The standard InChI is InChI=1S/C16H25FN2O3/c1-10-6-14(21-5)11(8-13(10)17)7-12(9-18)19-15(20)22-16(2,3)4/h6,8,12H,7,9,18H2,1-5H3,(H,19,20). The van der Waals surface area contributed by atoms with Gasteiger partial charge in [0.2, 0.25) is 0 Å². The molecule has 1 amide bonds. The Kier molecular flexibility index (Phi) is 6.17. The summed E-state index contributed by atoms with van der Waals surface area (Å²) in [7, 11) is 1.52. The molecule has 3 N–H and O–H groups in total. The molecule has 0 aromatic heterocycles. The minimum atomic E-state index is -0.586. The van der Waals surface area contributed by atoms with Crippen molar-refractivity contribution in [2.24, 2.45) is 5.73 Å². The molecule has 6 heteroatoms. The number of carbonyl (C=O) groups excluding carboxylic acids is 1. The summed E-state index contributed by atoms with van der Waals surface area (Å²) in [6.07, 6.45) is -0.190. The van der Waals surface area contributed by atoms with E-state index in [0.29, 0.717) is 23.3 Å². The predicted molar refractivity (Wildman–Crippen MR) is 83.6 cm³/mol. The monoisotopic (exact) mass is 312 g/mol. The summed E-state index contributed by atoms with van der Waals surface area (Å²) in [5.41, 5.74) is 6.26. The Bertz CT molecular complexity index is 527. The molecule has 0 aliphatic heterocycles. The highest BCUT2D eigenvalue weighted by molar-refractivity contribution is 5.68. The quantitative estimate of drug-likeness (QED) is 0.876. The lowest BCUT2D eigenvalue weighted by Gasteiger charge is -2.23. The highest BCUT2D eigenvalue weighted by Crippen LogP contribution is 2.24. The number of hydrogen-bond acceptors (Lipinski definition) is 4. The van der Waals surface area contributed by atoms with E-state index in [1.54, 1.807) is 33.8 Å². The summed E-state index contributed by atoms with van der Waals surface area (Å²) in [5.74, 6) is 0.257. The SMILES string of the molecule is COc1cc(C)c(F)cc1CC(CN)NC(=O)OC(C)(C)C. The zero-order chi connectivity index (χ0) is 16.9. The molecule has 0 heterocycles. The molecule has 0 fully saturated rings. The number of halogens is 1. The zero-order valence-electron chi connectivity index (χ0n) is 13.8.